The van der Waals surface area contributed by atoms with Crippen molar-refractivity contribution in [2.24, 2.45) is 0 Å². The first-order valence-electron chi connectivity index (χ1n) is 3.00. The summed E-state index contributed by atoms with van der Waals surface area (Å²) in [5.41, 5.74) is 0. The van der Waals surface area contributed by atoms with Gasteiger partial charge in [-0.2, -0.15) is 0 Å². The van der Waals surface area contributed by atoms with Gasteiger partial charge in [0.2, 0.25) is 0 Å². The maximum absolute atomic E-state index is 8.90. The lowest BCUT2D eigenvalue weighted by atomic mass is 9.95. The molecule has 0 heterocycles. The number of aliphatic hydroxyl groups excluding tert-OH is 2. The van der Waals surface area contributed by atoms with Crippen molar-refractivity contribution in [2.45, 2.75) is 31.5 Å². The van der Waals surface area contributed by atoms with Gasteiger partial charge in [-0.3, -0.25) is 0 Å². The Kier molecular flexibility index (Phi) is 1.86. The van der Waals surface area contributed by atoms with Crippen LogP contribution in [0, 0.1) is 6.42 Å². The second-order valence-electron chi connectivity index (χ2n) is 2.22. The smallest absolute Gasteiger partial charge is 0.0830 e. The number of aliphatic hydroxyl groups is 2. The zero-order valence-corrected chi connectivity index (χ0v) is 4.75. The maximum Gasteiger partial charge on any atom is 0.0830 e. The van der Waals surface area contributed by atoms with E-state index in [0.29, 0.717) is 0 Å². The molecule has 2 unspecified atom stereocenters. The number of rotatable bonds is 0. The van der Waals surface area contributed by atoms with E-state index in [1.54, 1.807) is 6.42 Å². The standard InChI is InChI=1S/C6H11O2/c7-5-3-1-2-4-6(5)8/h3,5-8H,1-2,4H2. The molecule has 0 amide bonds. The molecule has 0 bridgehead atoms. The fourth-order valence-corrected chi connectivity index (χ4v) is 0.943. The third-order valence-electron chi connectivity index (χ3n) is 1.51. The van der Waals surface area contributed by atoms with Crippen molar-refractivity contribution in [3.63, 3.8) is 0 Å². The van der Waals surface area contributed by atoms with E-state index in [2.05, 4.69) is 0 Å². The normalized spacial score (nSPS) is 39.8. The summed E-state index contributed by atoms with van der Waals surface area (Å²) < 4.78 is 0. The topological polar surface area (TPSA) is 40.5 Å². The molecule has 0 aromatic heterocycles. The molecule has 1 rings (SSSR count). The maximum atomic E-state index is 8.90. The highest BCUT2D eigenvalue weighted by Gasteiger charge is 2.19. The van der Waals surface area contributed by atoms with E-state index in [1.807, 2.05) is 0 Å². The molecule has 0 aromatic rings. The van der Waals surface area contributed by atoms with Gasteiger partial charge in [-0.25, -0.2) is 0 Å². The number of hydrogen-bond acceptors (Lipinski definition) is 2. The van der Waals surface area contributed by atoms with Crippen molar-refractivity contribution in [3.8, 4) is 0 Å². The molecule has 0 saturated heterocycles. The molecule has 2 heteroatoms. The molecule has 2 N–H and O–H groups in total. The van der Waals surface area contributed by atoms with E-state index in [0.717, 1.165) is 19.3 Å². The largest absolute Gasteiger partial charge is 0.390 e. The van der Waals surface area contributed by atoms with E-state index in [4.69, 9.17) is 10.2 Å². The van der Waals surface area contributed by atoms with E-state index >= 15 is 0 Å². The Morgan fingerprint density at radius 2 is 2.12 bits per heavy atom. The third kappa shape index (κ3) is 1.20. The SMILES string of the molecule is OC1[CH]CCCC1O. The van der Waals surface area contributed by atoms with E-state index in [9.17, 15) is 0 Å². The predicted octanol–water partition coefficient (Wildman–Crippen LogP) is 0.0964. The highest BCUT2D eigenvalue weighted by atomic mass is 16.3. The summed E-state index contributed by atoms with van der Waals surface area (Å²) in [6.45, 7) is 0. The molecule has 0 spiro atoms. The van der Waals surface area contributed by atoms with E-state index in [-0.39, 0.29) is 0 Å². The molecule has 1 radical (unpaired) electrons. The molecule has 2 nitrogen and oxygen atoms in total. The second-order valence-corrected chi connectivity index (χ2v) is 2.22. The quantitative estimate of drug-likeness (QED) is 0.470. The van der Waals surface area contributed by atoms with Crippen LogP contribution in [0.4, 0.5) is 0 Å². The van der Waals surface area contributed by atoms with Gasteiger partial charge in [0, 0.05) is 0 Å². The van der Waals surface area contributed by atoms with Gasteiger partial charge >= 0.3 is 0 Å². The molecule has 2 atom stereocenters. The molecule has 47 valence electrons. The highest BCUT2D eigenvalue weighted by Crippen LogP contribution is 2.16. The Morgan fingerprint density at radius 1 is 1.38 bits per heavy atom. The Balaban J connectivity index is 2.28. The van der Waals surface area contributed by atoms with Gasteiger partial charge < -0.3 is 10.2 Å². The van der Waals surface area contributed by atoms with Crippen LogP contribution in [-0.2, 0) is 0 Å². The van der Waals surface area contributed by atoms with Crippen molar-refractivity contribution in [2.75, 3.05) is 0 Å². The third-order valence-corrected chi connectivity index (χ3v) is 1.51. The van der Waals surface area contributed by atoms with Crippen LogP contribution >= 0.6 is 0 Å². The first-order chi connectivity index (χ1) is 3.80. The minimum atomic E-state index is -0.566. The average Bonchev–Trinajstić information content (AvgIpc) is 1.77. The van der Waals surface area contributed by atoms with Gasteiger partial charge in [-0.1, -0.05) is 6.42 Å². The van der Waals surface area contributed by atoms with Gasteiger partial charge in [0.15, 0.2) is 0 Å². The van der Waals surface area contributed by atoms with Crippen LogP contribution in [-0.4, -0.2) is 22.4 Å². The summed E-state index contributed by atoms with van der Waals surface area (Å²) in [7, 11) is 0. The lowest BCUT2D eigenvalue weighted by molar-refractivity contribution is 0.0187. The van der Waals surface area contributed by atoms with Crippen LogP contribution in [0.1, 0.15) is 19.3 Å². The molecular weight excluding hydrogens is 104 g/mol. The van der Waals surface area contributed by atoms with Gasteiger partial charge in [-0.05, 0) is 19.3 Å². The summed E-state index contributed by atoms with van der Waals surface area (Å²) in [4.78, 5) is 0. The fraction of sp³-hybridized carbons (Fsp3) is 0.833. The summed E-state index contributed by atoms with van der Waals surface area (Å²) in [5, 5.41) is 17.8. The molecular formula is C6H11O2. The van der Waals surface area contributed by atoms with Crippen molar-refractivity contribution >= 4 is 0 Å². The van der Waals surface area contributed by atoms with Gasteiger partial charge in [-0.15, -0.1) is 0 Å². The Labute approximate surface area is 49.1 Å². The minimum absolute atomic E-state index is 0.497. The minimum Gasteiger partial charge on any atom is -0.390 e. The molecule has 1 aliphatic carbocycles. The predicted molar refractivity (Wildman–Crippen MR) is 30.2 cm³/mol. The van der Waals surface area contributed by atoms with Gasteiger partial charge in [0.05, 0.1) is 12.2 Å². The molecule has 8 heavy (non-hydrogen) atoms. The van der Waals surface area contributed by atoms with Crippen LogP contribution in [0.2, 0.25) is 0 Å². The van der Waals surface area contributed by atoms with Crippen molar-refractivity contribution in [1.82, 2.24) is 0 Å². The van der Waals surface area contributed by atoms with Crippen molar-refractivity contribution in [3.05, 3.63) is 6.42 Å². The monoisotopic (exact) mass is 115 g/mol. The highest BCUT2D eigenvalue weighted by molar-refractivity contribution is 4.86. The molecule has 0 aliphatic heterocycles. The first-order valence-corrected chi connectivity index (χ1v) is 3.00. The number of hydrogen-bond donors (Lipinski definition) is 2. The van der Waals surface area contributed by atoms with E-state index < -0.39 is 12.2 Å². The first kappa shape index (κ1) is 6.05. The molecule has 1 aliphatic rings. The molecule has 1 saturated carbocycles. The summed E-state index contributed by atoms with van der Waals surface area (Å²) in [6.07, 6.45) is 3.40. The van der Waals surface area contributed by atoms with Crippen LogP contribution in [0.15, 0.2) is 0 Å². The lowest BCUT2D eigenvalue weighted by Gasteiger charge is -2.21. The van der Waals surface area contributed by atoms with Crippen molar-refractivity contribution < 1.29 is 10.2 Å². The van der Waals surface area contributed by atoms with Crippen LogP contribution in [0.3, 0.4) is 0 Å². The Morgan fingerprint density at radius 3 is 2.50 bits per heavy atom. The molecule has 0 aromatic carbocycles. The van der Waals surface area contributed by atoms with Gasteiger partial charge in [0.1, 0.15) is 0 Å². The van der Waals surface area contributed by atoms with E-state index in [1.165, 1.54) is 0 Å². The fourth-order valence-electron chi connectivity index (χ4n) is 0.943. The Bertz CT molecular complexity index is 62.9. The van der Waals surface area contributed by atoms with Crippen LogP contribution in [0.5, 0.6) is 0 Å². The summed E-state index contributed by atoms with van der Waals surface area (Å²) >= 11 is 0. The zero-order chi connectivity index (χ0) is 5.98. The zero-order valence-electron chi connectivity index (χ0n) is 4.75. The Hall–Kier alpha value is -0.0800. The molecule has 1 fully saturated rings. The summed E-state index contributed by atoms with van der Waals surface area (Å²) in [6, 6.07) is 0. The van der Waals surface area contributed by atoms with Crippen LogP contribution in [0.25, 0.3) is 0 Å². The van der Waals surface area contributed by atoms with Crippen molar-refractivity contribution in [1.29, 1.82) is 0 Å². The lowest BCUT2D eigenvalue weighted by Crippen LogP contribution is -2.29. The average molecular weight is 115 g/mol. The summed E-state index contributed by atoms with van der Waals surface area (Å²) in [5.74, 6) is 0. The second kappa shape index (κ2) is 2.46. The van der Waals surface area contributed by atoms with Gasteiger partial charge in [0.25, 0.3) is 0 Å². The van der Waals surface area contributed by atoms with Crippen LogP contribution < -0.4 is 0 Å².